The van der Waals surface area contributed by atoms with Crippen LogP contribution in [0.4, 0.5) is 5.82 Å². The third kappa shape index (κ3) is 3.47. The number of rotatable bonds is 5. The number of methoxy groups -OCH3 is 1. The number of aromatic nitrogens is 3. The van der Waals surface area contributed by atoms with E-state index in [0.717, 1.165) is 48.3 Å². The predicted octanol–water partition coefficient (Wildman–Crippen LogP) is 3.06. The molecule has 1 saturated heterocycles. The van der Waals surface area contributed by atoms with Crippen LogP contribution in [0.3, 0.4) is 0 Å². The second kappa shape index (κ2) is 6.93. The smallest absolute Gasteiger partial charge is 0.199 e. The number of hydrogen-bond acceptors (Lipinski definition) is 6. The minimum absolute atomic E-state index is 0.300. The summed E-state index contributed by atoms with van der Waals surface area (Å²) in [6.07, 6.45) is 6.92. The van der Waals surface area contributed by atoms with Crippen molar-refractivity contribution in [1.29, 1.82) is 0 Å². The van der Waals surface area contributed by atoms with Gasteiger partial charge in [-0.3, -0.25) is 0 Å². The van der Waals surface area contributed by atoms with E-state index in [9.17, 15) is 0 Å². The number of benzene rings is 1. The first kappa shape index (κ1) is 15.6. The summed E-state index contributed by atoms with van der Waals surface area (Å²) in [6.45, 7) is 1.82. The Balaban J connectivity index is 1.43. The minimum atomic E-state index is 0.300. The summed E-state index contributed by atoms with van der Waals surface area (Å²) < 4.78 is 11.3. The fourth-order valence-corrected chi connectivity index (χ4v) is 3.22. The second-order valence-corrected chi connectivity index (χ2v) is 6.19. The molecule has 1 aromatic carbocycles. The lowest BCUT2D eigenvalue weighted by Gasteiger charge is -2.15. The molecule has 3 heterocycles. The Hall–Kier alpha value is -2.89. The molecule has 0 amide bonds. The molecule has 6 nitrogen and oxygen atoms in total. The third-order valence-corrected chi connectivity index (χ3v) is 4.51. The van der Waals surface area contributed by atoms with E-state index in [4.69, 9.17) is 9.15 Å². The van der Waals surface area contributed by atoms with Gasteiger partial charge in [0, 0.05) is 25.7 Å². The first-order valence-electron chi connectivity index (χ1n) is 8.40. The molecule has 0 aliphatic carbocycles. The lowest BCUT2D eigenvalue weighted by atomic mass is 10.1. The van der Waals surface area contributed by atoms with Gasteiger partial charge in [-0.15, -0.1) is 0 Å². The van der Waals surface area contributed by atoms with Crippen molar-refractivity contribution >= 4 is 5.82 Å². The Morgan fingerprint density at radius 3 is 3.08 bits per heavy atom. The molecule has 1 atom stereocenters. The molecule has 128 valence electrons. The summed E-state index contributed by atoms with van der Waals surface area (Å²) in [4.78, 5) is 15.0. The molecule has 1 fully saturated rings. The maximum absolute atomic E-state index is 6.02. The number of hydrogen-bond donors (Lipinski definition) is 0. The summed E-state index contributed by atoms with van der Waals surface area (Å²) in [5.41, 5.74) is 1.15. The average Bonchev–Trinajstić information content (AvgIpc) is 3.32. The Morgan fingerprint density at radius 2 is 2.24 bits per heavy atom. The van der Waals surface area contributed by atoms with Gasteiger partial charge in [-0.1, -0.05) is 12.1 Å². The molecule has 1 aliphatic heterocycles. The van der Waals surface area contributed by atoms with Crippen molar-refractivity contribution in [1.82, 2.24) is 15.0 Å². The number of ether oxygens (including phenoxy) is 1. The summed E-state index contributed by atoms with van der Waals surface area (Å²) in [5, 5.41) is 0. The lowest BCUT2D eigenvalue weighted by Crippen LogP contribution is -2.20. The maximum atomic E-state index is 6.02. The van der Waals surface area contributed by atoms with Gasteiger partial charge in [0.2, 0.25) is 0 Å². The molecule has 2 aromatic heterocycles. The summed E-state index contributed by atoms with van der Waals surface area (Å²) in [5.74, 6) is 3.81. The van der Waals surface area contributed by atoms with E-state index in [1.54, 1.807) is 19.6 Å². The molecule has 1 aliphatic rings. The van der Waals surface area contributed by atoms with Crippen LogP contribution in [0.2, 0.25) is 0 Å². The zero-order valence-electron chi connectivity index (χ0n) is 14.1. The molecule has 4 rings (SSSR count). The Bertz CT molecular complexity index is 834. The molecule has 0 N–H and O–H groups in total. The molecule has 3 aromatic rings. The molecule has 0 saturated carbocycles. The highest BCUT2D eigenvalue weighted by molar-refractivity contribution is 5.39. The van der Waals surface area contributed by atoms with E-state index in [0.29, 0.717) is 12.3 Å². The summed E-state index contributed by atoms with van der Waals surface area (Å²) in [7, 11) is 1.68. The zero-order valence-corrected chi connectivity index (χ0v) is 14.1. The van der Waals surface area contributed by atoms with Gasteiger partial charge in [0.25, 0.3) is 0 Å². The monoisotopic (exact) mass is 336 g/mol. The highest BCUT2D eigenvalue weighted by Gasteiger charge is 2.28. The van der Waals surface area contributed by atoms with Crippen LogP contribution in [0.1, 0.15) is 29.6 Å². The van der Waals surface area contributed by atoms with Crippen LogP contribution >= 0.6 is 0 Å². The van der Waals surface area contributed by atoms with Crippen molar-refractivity contribution in [2.75, 3.05) is 25.1 Å². The molecular weight excluding hydrogens is 316 g/mol. The van der Waals surface area contributed by atoms with Crippen molar-refractivity contribution in [3.63, 3.8) is 0 Å². The first-order valence-corrected chi connectivity index (χ1v) is 8.40. The van der Waals surface area contributed by atoms with Gasteiger partial charge in [0.05, 0.1) is 19.2 Å². The Labute approximate surface area is 146 Å². The van der Waals surface area contributed by atoms with E-state index in [2.05, 4.69) is 25.9 Å². The fraction of sp³-hybridized carbons (Fsp3) is 0.316. The van der Waals surface area contributed by atoms with Gasteiger partial charge in [-0.2, -0.15) is 0 Å². The zero-order chi connectivity index (χ0) is 17.1. The average molecular weight is 336 g/mol. The summed E-state index contributed by atoms with van der Waals surface area (Å²) in [6, 6.07) is 9.95. The lowest BCUT2D eigenvalue weighted by molar-refractivity contribution is 0.413. The normalized spacial score (nSPS) is 17.0. The molecule has 0 bridgehead atoms. The van der Waals surface area contributed by atoms with E-state index < -0.39 is 0 Å². The van der Waals surface area contributed by atoms with Crippen molar-refractivity contribution in [2.45, 2.75) is 18.8 Å². The van der Waals surface area contributed by atoms with Crippen LogP contribution in [-0.2, 0) is 6.42 Å². The molecule has 6 heteroatoms. The second-order valence-electron chi connectivity index (χ2n) is 6.19. The highest BCUT2D eigenvalue weighted by atomic mass is 16.5. The standard InChI is InChI=1S/C19H20N4O2/c1-24-16-4-2-3-14(9-16)10-17-11-21-19(25-17)15-6-8-23(12-15)18-5-7-20-13-22-18/h2-5,7,9,11,13,15H,6,8,10,12H2,1H3. The highest BCUT2D eigenvalue weighted by Crippen LogP contribution is 2.29. The maximum Gasteiger partial charge on any atom is 0.199 e. The molecule has 0 radical (unpaired) electrons. The van der Waals surface area contributed by atoms with Crippen molar-refractivity contribution in [2.24, 2.45) is 0 Å². The molecule has 0 spiro atoms. The van der Waals surface area contributed by atoms with E-state index in [-0.39, 0.29) is 0 Å². The third-order valence-electron chi connectivity index (χ3n) is 4.51. The largest absolute Gasteiger partial charge is 0.497 e. The number of oxazole rings is 1. The topological polar surface area (TPSA) is 64.3 Å². The van der Waals surface area contributed by atoms with Gasteiger partial charge >= 0.3 is 0 Å². The van der Waals surface area contributed by atoms with Crippen LogP contribution in [0.15, 0.2) is 53.5 Å². The van der Waals surface area contributed by atoms with Crippen LogP contribution in [0.25, 0.3) is 0 Å². The minimum Gasteiger partial charge on any atom is -0.497 e. The van der Waals surface area contributed by atoms with Gasteiger partial charge < -0.3 is 14.1 Å². The molecular formula is C19H20N4O2. The van der Waals surface area contributed by atoms with Crippen LogP contribution in [0.5, 0.6) is 5.75 Å². The Kier molecular flexibility index (Phi) is 4.33. The predicted molar refractivity (Wildman–Crippen MR) is 93.9 cm³/mol. The van der Waals surface area contributed by atoms with Crippen molar-refractivity contribution in [3.05, 3.63) is 66.3 Å². The summed E-state index contributed by atoms with van der Waals surface area (Å²) >= 11 is 0. The van der Waals surface area contributed by atoms with Crippen LogP contribution < -0.4 is 9.64 Å². The van der Waals surface area contributed by atoms with Gasteiger partial charge in [0.1, 0.15) is 23.7 Å². The number of nitrogens with zero attached hydrogens (tertiary/aromatic N) is 4. The molecule has 25 heavy (non-hydrogen) atoms. The Morgan fingerprint density at radius 1 is 1.28 bits per heavy atom. The number of anilines is 1. The van der Waals surface area contributed by atoms with Crippen molar-refractivity contribution < 1.29 is 9.15 Å². The fourth-order valence-electron chi connectivity index (χ4n) is 3.22. The van der Waals surface area contributed by atoms with E-state index >= 15 is 0 Å². The van der Waals surface area contributed by atoms with E-state index in [1.807, 2.05) is 30.5 Å². The van der Waals surface area contributed by atoms with Gasteiger partial charge in [-0.05, 0) is 30.2 Å². The van der Waals surface area contributed by atoms with Gasteiger partial charge in [-0.25, -0.2) is 15.0 Å². The SMILES string of the molecule is COc1cccc(Cc2cnc(C3CCN(c4ccncn4)C3)o2)c1. The van der Waals surface area contributed by atoms with E-state index in [1.165, 1.54) is 0 Å². The first-order chi connectivity index (χ1) is 12.3. The van der Waals surface area contributed by atoms with Crippen LogP contribution in [-0.4, -0.2) is 35.2 Å². The molecule has 1 unspecified atom stereocenters. The van der Waals surface area contributed by atoms with Gasteiger partial charge in [0.15, 0.2) is 5.89 Å². The van der Waals surface area contributed by atoms with Crippen LogP contribution in [0, 0.1) is 0 Å². The quantitative estimate of drug-likeness (QED) is 0.713. The van der Waals surface area contributed by atoms with Crippen molar-refractivity contribution in [3.8, 4) is 5.75 Å².